The smallest absolute Gasteiger partial charge is 0.120 e. The summed E-state index contributed by atoms with van der Waals surface area (Å²) in [6, 6.07) is 16.4. The summed E-state index contributed by atoms with van der Waals surface area (Å²) in [5.41, 5.74) is 2.41. The number of aromatic nitrogens is 1. The van der Waals surface area contributed by atoms with Gasteiger partial charge in [0.25, 0.3) is 0 Å². The number of benzene rings is 2. The lowest BCUT2D eigenvalue weighted by atomic mass is 10.2. The van der Waals surface area contributed by atoms with E-state index < -0.39 is 0 Å². The summed E-state index contributed by atoms with van der Waals surface area (Å²) in [7, 11) is 0. The lowest BCUT2D eigenvalue weighted by molar-refractivity contribution is 0.318. The SMILES string of the molecule is CCCOc1ccc2c(ccn2Cc2cccc(Cl)c2)c1. The Balaban J connectivity index is 1.86. The van der Waals surface area contributed by atoms with Crippen LogP contribution in [0.15, 0.2) is 54.7 Å². The van der Waals surface area contributed by atoms with Gasteiger partial charge >= 0.3 is 0 Å². The Bertz CT molecular complexity index is 748. The minimum absolute atomic E-state index is 0.759. The third-order valence-electron chi connectivity index (χ3n) is 3.46. The third-order valence-corrected chi connectivity index (χ3v) is 3.69. The second kappa shape index (κ2) is 6.23. The first-order chi connectivity index (χ1) is 10.3. The fraction of sp³-hybridized carbons (Fsp3) is 0.222. The van der Waals surface area contributed by atoms with E-state index >= 15 is 0 Å². The first-order valence-corrected chi connectivity index (χ1v) is 7.60. The van der Waals surface area contributed by atoms with Crippen LogP contribution in [-0.2, 0) is 6.54 Å². The number of fused-ring (bicyclic) bond motifs is 1. The van der Waals surface area contributed by atoms with Gasteiger partial charge in [-0.05, 0) is 48.4 Å². The summed E-state index contributed by atoms with van der Waals surface area (Å²) in [6.07, 6.45) is 3.13. The Hall–Kier alpha value is -1.93. The topological polar surface area (TPSA) is 14.2 Å². The molecular formula is C18H18ClNO. The van der Waals surface area contributed by atoms with Gasteiger partial charge in [0.2, 0.25) is 0 Å². The maximum atomic E-state index is 6.05. The molecule has 3 heteroatoms. The van der Waals surface area contributed by atoms with Crippen molar-refractivity contribution in [2.45, 2.75) is 19.9 Å². The monoisotopic (exact) mass is 299 g/mol. The van der Waals surface area contributed by atoms with E-state index in [1.165, 1.54) is 16.5 Å². The minimum Gasteiger partial charge on any atom is -0.494 e. The zero-order valence-corrected chi connectivity index (χ0v) is 12.8. The van der Waals surface area contributed by atoms with Crippen LogP contribution in [0.25, 0.3) is 10.9 Å². The summed E-state index contributed by atoms with van der Waals surface area (Å²) >= 11 is 6.05. The van der Waals surface area contributed by atoms with E-state index in [0.717, 1.165) is 30.3 Å². The molecule has 0 amide bonds. The van der Waals surface area contributed by atoms with Crippen molar-refractivity contribution < 1.29 is 4.74 Å². The van der Waals surface area contributed by atoms with E-state index in [1.807, 2.05) is 24.3 Å². The lowest BCUT2D eigenvalue weighted by Crippen LogP contribution is -1.98. The van der Waals surface area contributed by atoms with Crippen LogP contribution in [0, 0.1) is 0 Å². The van der Waals surface area contributed by atoms with E-state index in [9.17, 15) is 0 Å². The second-order valence-corrected chi connectivity index (χ2v) is 5.58. The van der Waals surface area contributed by atoms with Gasteiger partial charge in [-0.3, -0.25) is 0 Å². The molecule has 21 heavy (non-hydrogen) atoms. The van der Waals surface area contributed by atoms with Crippen LogP contribution in [0.4, 0.5) is 0 Å². The quantitative estimate of drug-likeness (QED) is 0.637. The normalized spacial score (nSPS) is 11.0. The van der Waals surface area contributed by atoms with Crippen LogP contribution < -0.4 is 4.74 Å². The molecule has 0 atom stereocenters. The molecule has 2 nitrogen and oxygen atoms in total. The molecule has 0 bridgehead atoms. The summed E-state index contributed by atoms with van der Waals surface area (Å²) in [5, 5.41) is 1.98. The van der Waals surface area contributed by atoms with Gasteiger partial charge in [0.05, 0.1) is 6.61 Å². The fourth-order valence-corrected chi connectivity index (χ4v) is 2.67. The van der Waals surface area contributed by atoms with Gasteiger partial charge in [-0.1, -0.05) is 30.7 Å². The van der Waals surface area contributed by atoms with Crippen LogP contribution in [0.3, 0.4) is 0 Å². The minimum atomic E-state index is 0.759. The summed E-state index contributed by atoms with van der Waals surface area (Å²) in [4.78, 5) is 0. The van der Waals surface area contributed by atoms with Crippen LogP contribution in [0.5, 0.6) is 5.75 Å². The highest BCUT2D eigenvalue weighted by Crippen LogP contribution is 2.23. The molecule has 0 saturated carbocycles. The molecule has 1 heterocycles. The Morgan fingerprint density at radius 1 is 1.10 bits per heavy atom. The molecule has 2 aromatic carbocycles. The van der Waals surface area contributed by atoms with Crippen molar-refractivity contribution in [3.63, 3.8) is 0 Å². The molecule has 0 saturated heterocycles. The zero-order valence-electron chi connectivity index (χ0n) is 12.1. The molecule has 3 aromatic rings. The molecule has 1 aromatic heterocycles. The van der Waals surface area contributed by atoms with Gasteiger partial charge < -0.3 is 9.30 Å². The van der Waals surface area contributed by atoms with Gasteiger partial charge in [0.15, 0.2) is 0 Å². The van der Waals surface area contributed by atoms with E-state index in [4.69, 9.17) is 16.3 Å². The van der Waals surface area contributed by atoms with E-state index in [1.54, 1.807) is 0 Å². The Labute approximate surface area is 129 Å². The van der Waals surface area contributed by atoms with Gasteiger partial charge in [-0.2, -0.15) is 0 Å². The predicted octanol–water partition coefficient (Wildman–Crippen LogP) is 5.13. The molecule has 0 N–H and O–H groups in total. The third kappa shape index (κ3) is 3.22. The van der Waals surface area contributed by atoms with Crippen molar-refractivity contribution in [1.82, 2.24) is 4.57 Å². The number of halogens is 1. The molecule has 0 radical (unpaired) electrons. The second-order valence-electron chi connectivity index (χ2n) is 5.14. The van der Waals surface area contributed by atoms with E-state index in [2.05, 4.69) is 42.0 Å². The largest absolute Gasteiger partial charge is 0.494 e. The van der Waals surface area contributed by atoms with E-state index in [-0.39, 0.29) is 0 Å². The average Bonchev–Trinajstić information content (AvgIpc) is 2.87. The highest BCUT2D eigenvalue weighted by Gasteiger charge is 2.04. The maximum absolute atomic E-state index is 6.05. The Morgan fingerprint density at radius 3 is 2.81 bits per heavy atom. The average molecular weight is 300 g/mol. The highest BCUT2D eigenvalue weighted by atomic mass is 35.5. The Morgan fingerprint density at radius 2 is 2.00 bits per heavy atom. The van der Waals surface area contributed by atoms with Gasteiger partial charge in [0, 0.05) is 28.7 Å². The van der Waals surface area contributed by atoms with Crippen molar-refractivity contribution in [1.29, 1.82) is 0 Å². The number of hydrogen-bond donors (Lipinski definition) is 0. The van der Waals surface area contributed by atoms with Crippen molar-refractivity contribution in [2.24, 2.45) is 0 Å². The van der Waals surface area contributed by atoms with Gasteiger partial charge in [-0.15, -0.1) is 0 Å². The highest BCUT2D eigenvalue weighted by molar-refractivity contribution is 6.30. The lowest BCUT2D eigenvalue weighted by Gasteiger charge is -2.08. The number of ether oxygens (including phenoxy) is 1. The summed E-state index contributed by atoms with van der Waals surface area (Å²) in [6.45, 7) is 3.69. The van der Waals surface area contributed by atoms with Crippen molar-refractivity contribution in [3.05, 3.63) is 65.3 Å². The van der Waals surface area contributed by atoms with Gasteiger partial charge in [0.1, 0.15) is 5.75 Å². The molecule has 0 aliphatic heterocycles. The molecule has 108 valence electrons. The molecule has 0 spiro atoms. The van der Waals surface area contributed by atoms with Crippen LogP contribution in [-0.4, -0.2) is 11.2 Å². The van der Waals surface area contributed by atoms with Crippen LogP contribution in [0.2, 0.25) is 5.02 Å². The summed E-state index contributed by atoms with van der Waals surface area (Å²) < 4.78 is 7.91. The Kier molecular flexibility index (Phi) is 4.16. The molecule has 0 aliphatic carbocycles. The molecule has 0 aliphatic rings. The predicted molar refractivity (Wildman–Crippen MR) is 88.3 cm³/mol. The number of hydrogen-bond acceptors (Lipinski definition) is 1. The zero-order chi connectivity index (χ0) is 14.7. The first kappa shape index (κ1) is 14.0. The van der Waals surface area contributed by atoms with Crippen LogP contribution >= 0.6 is 11.6 Å². The van der Waals surface area contributed by atoms with Crippen molar-refractivity contribution in [2.75, 3.05) is 6.61 Å². The fourth-order valence-electron chi connectivity index (χ4n) is 2.46. The van der Waals surface area contributed by atoms with E-state index in [0.29, 0.717) is 0 Å². The standard InChI is InChI=1S/C18H18ClNO/c1-2-10-21-17-6-7-18-15(12-17)8-9-20(18)13-14-4-3-5-16(19)11-14/h3-9,11-12H,2,10,13H2,1H3. The molecular weight excluding hydrogens is 282 g/mol. The number of rotatable bonds is 5. The van der Waals surface area contributed by atoms with Crippen LogP contribution in [0.1, 0.15) is 18.9 Å². The maximum Gasteiger partial charge on any atom is 0.120 e. The number of nitrogens with zero attached hydrogens (tertiary/aromatic N) is 1. The molecule has 3 rings (SSSR count). The molecule has 0 unspecified atom stereocenters. The molecule has 0 fully saturated rings. The first-order valence-electron chi connectivity index (χ1n) is 7.22. The van der Waals surface area contributed by atoms with Gasteiger partial charge in [-0.25, -0.2) is 0 Å². The van der Waals surface area contributed by atoms with Crippen molar-refractivity contribution in [3.8, 4) is 5.75 Å². The summed E-state index contributed by atoms with van der Waals surface area (Å²) in [5.74, 6) is 0.935. The van der Waals surface area contributed by atoms with Crippen molar-refractivity contribution >= 4 is 22.5 Å².